The Kier molecular flexibility index (Phi) is 4.54. The van der Waals surface area contributed by atoms with Gasteiger partial charge in [0.2, 0.25) is 0 Å². The molecule has 0 saturated carbocycles. The fraction of sp³-hybridized carbons (Fsp3) is 0.200. The predicted molar refractivity (Wildman–Crippen MR) is 79.8 cm³/mol. The summed E-state index contributed by atoms with van der Waals surface area (Å²) in [5.41, 5.74) is 4.91. The highest BCUT2D eigenvalue weighted by Crippen LogP contribution is 2.19. The van der Waals surface area contributed by atoms with Crippen LogP contribution in [-0.4, -0.2) is 14.7 Å². The summed E-state index contributed by atoms with van der Waals surface area (Å²) in [7, 11) is -3.16. The van der Waals surface area contributed by atoms with Crippen LogP contribution in [0.15, 0.2) is 59.5 Å². The number of sulfone groups is 1. The first-order chi connectivity index (χ1) is 9.50. The van der Waals surface area contributed by atoms with Gasteiger partial charge in [0, 0.05) is 12.3 Å². The molecule has 5 heteroatoms. The number of hydrogen-bond acceptors (Lipinski definition) is 4. The summed E-state index contributed by atoms with van der Waals surface area (Å²) in [5, 5.41) is 0. The zero-order valence-electron chi connectivity index (χ0n) is 11.3. The van der Waals surface area contributed by atoms with Crippen molar-refractivity contribution >= 4 is 9.84 Å². The monoisotopic (exact) mass is 290 g/mol. The third-order valence-corrected chi connectivity index (χ3v) is 4.32. The number of nitrogens with two attached hydrogens (primary N) is 1. The molecule has 0 aliphatic heterocycles. The molecule has 0 radical (unpaired) electrons. The van der Waals surface area contributed by atoms with E-state index < -0.39 is 9.84 Å². The second kappa shape index (κ2) is 6.17. The van der Waals surface area contributed by atoms with Crippen LogP contribution >= 0.6 is 0 Å². The first-order valence-corrected chi connectivity index (χ1v) is 8.20. The largest absolute Gasteiger partial charge is 0.271 e. The molecule has 0 spiro atoms. The Balaban J connectivity index is 2.20. The van der Waals surface area contributed by atoms with Gasteiger partial charge in [-0.2, -0.15) is 0 Å². The molecule has 4 nitrogen and oxygen atoms in total. The molecule has 106 valence electrons. The molecule has 2 aromatic rings. The predicted octanol–water partition coefficient (Wildman–Crippen LogP) is 1.84. The quantitative estimate of drug-likeness (QED) is 0.651. The van der Waals surface area contributed by atoms with Gasteiger partial charge in [-0.15, -0.1) is 0 Å². The topological polar surface area (TPSA) is 72.2 Å². The molecular formula is C15H18N2O2S. The van der Waals surface area contributed by atoms with Gasteiger partial charge in [-0.1, -0.05) is 42.5 Å². The number of nitrogens with one attached hydrogen (secondary N) is 1. The van der Waals surface area contributed by atoms with Crippen molar-refractivity contribution in [3.63, 3.8) is 0 Å². The number of hydrazine groups is 1. The summed E-state index contributed by atoms with van der Waals surface area (Å²) in [5.74, 6) is 5.61. The Morgan fingerprint density at radius 1 is 1.05 bits per heavy atom. The number of hydrogen-bond donors (Lipinski definition) is 2. The van der Waals surface area contributed by atoms with Crippen molar-refractivity contribution in [1.29, 1.82) is 0 Å². The minimum Gasteiger partial charge on any atom is -0.271 e. The van der Waals surface area contributed by atoms with Crippen LogP contribution in [0.5, 0.6) is 0 Å². The lowest BCUT2D eigenvalue weighted by Gasteiger charge is -2.16. The Hall–Kier alpha value is -1.69. The zero-order chi connectivity index (χ0) is 14.6. The van der Waals surface area contributed by atoms with Crippen LogP contribution in [0.2, 0.25) is 0 Å². The molecule has 3 N–H and O–H groups in total. The van der Waals surface area contributed by atoms with E-state index in [0.29, 0.717) is 4.90 Å². The second-order valence-electron chi connectivity index (χ2n) is 4.75. The van der Waals surface area contributed by atoms with Crippen LogP contribution < -0.4 is 11.3 Å². The summed E-state index contributed by atoms with van der Waals surface area (Å²) < 4.78 is 22.9. The zero-order valence-corrected chi connectivity index (χ0v) is 12.1. The summed E-state index contributed by atoms with van der Waals surface area (Å²) in [6, 6.07) is 16.8. The van der Waals surface area contributed by atoms with Crippen molar-refractivity contribution in [3.8, 4) is 0 Å². The molecule has 0 amide bonds. The summed E-state index contributed by atoms with van der Waals surface area (Å²) >= 11 is 0. The van der Waals surface area contributed by atoms with Crippen LogP contribution in [0.3, 0.4) is 0 Å². The minimum absolute atomic E-state index is 0.0500. The Labute approximate surface area is 119 Å². The second-order valence-corrected chi connectivity index (χ2v) is 6.77. The molecule has 0 heterocycles. The van der Waals surface area contributed by atoms with Crippen molar-refractivity contribution < 1.29 is 8.42 Å². The van der Waals surface area contributed by atoms with Crippen molar-refractivity contribution in [2.24, 2.45) is 5.84 Å². The molecule has 0 aromatic heterocycles. The van der Waals surface area contributed by atoms with E-state index in [-0.39, 0.29) is 6.04 Å². The van der Waals surface area contributed by atoms with E-state index >= 15 is 0 Å². The summed E-state index contributed by atoms with van der Waals surface area (Å²) in [4.78, 5) is 0.316. The molecule has 20 heavy (non-hydrogen) atoms. The van der Waals surface area contributed by atoms with Crippen molar-refractivity contribution in [1.82, 2.24) is 5.43 Å². The fourth-order valence-corrected chi connectivity index (χ4v) is 2.70. The van der Waals surface area contributed by atoms with E-state index in [9.17, 15) is 8.42 Å². The van der Waals surface area contributed by atoms with Gasteiger partial charge >= 0.3 is 0 Å². The molecule has 0 saturated heterocycles. The van der Waals surface area contributed by atoms with Crippen molar-refractivity contribution in [2.45, 2.75) is 17.4 Å². The van der Waals surface area contributed by atoms with Crippen LogP contribution in [0.1, 0.15) is 17.2 Å². The third-order valence-electron chi connectivity index (χ3n) is 3.19. The van der Waals surface area contributed by atoms with Gasteiger partial charge in [0.25, 0.3) is 0 Å². The number of rotatable bonds is 5. The van der Waals surface area contributed by atoms with E-state index in [1.807, 2.05) is 30.3 Å². The van der Waals surface area contributed by atoms with Gasteiger partial charge in [0.1, 0.15) is 0 Å². The maximum absolute atomic E-state index is 11.4. The molecule has 1 atom stereocenters. The Bertz CT molecular complexity index is 652. The van der Waals surface area contributed by atoms with E-state index in [4.69, 9.17) is 5.84 Å². The van der Waals surface area contributed by atoms with Gasteiger partial charge < -0.3 is 0 Å². The normalized spacial score (nSPS) is 13.1. The van der Waals surface area contributed by atoms with E-state index in [1.54, 1.807) is 24.3 Å². The van der Waals surface area contributed by atoms with Crippen LogP contribution in [0, 0.1) is 0 Å². The average molecular weight is 290 g/mol. The van der Waals surface area contributed by atoms with Crippen molar-refractivity contribution in [2.75, 3.05) is 6.26 Å². The van der Waals surface area contributed by atoms with Crippen LogP contribution in [0.25, 0.3) is 0 Å². The first-order valence-electron chi connectivity index (χ1n) is 6.31. The number of benzene rings is 2. The summed E-state index contributed by atoms with van der Waals surface area (Å²) in [6.07, 6.45) is 1.94. The average Bonchev–Trinajstić information content (AvgIpc) is 2.45. The molecule has 1 unspecified atom stereocenters. The van der Waals surface area contributed by atoms with Gasteiger partial charge in [0.15, 0.2) is 9.84 Å². The van der Waals surface area contributed by atoms with E-state index in [2.05, 4.69) is 5.43 Å². The first kappa shape index (κ1) is 14.7. The maximum Gasteiger partial charge on any atom is 0.175 e. The lowest BCUT2D eigenvalue weighted by molar-refractivity contribution is 0.551. The molecule has 0 fully saturated rings. The Morgan fingerprint density at radius 2 is 1.65 bits per heavy atom. The minimum atomic E-state index is -3.16. The maximum atomic E-state index is 11.4. The standard InChI is InChI=1S/C15H18N2O2S/c1-20(18,19)14-9-7-13(8-10-14)15(17-16)11-12-5-3-2-4-6-12/h2-10,15,17H,11,16H2,1H3. The highest BCUT2D eigenvalue weighted by Gasteiger charge is 2.12. The highest BCUT2D eigenvalue weighted by atomic mass is 32.2. The lowest BCUT2D eigenvalue weighted by Crippen LogP contribution is -2.29. The molecule has 2 aromatic carbocycles. The smallest absolute Gasteiger partial charge is 0.175 e. The fourth-order valence-electron chi connectivity index (χ4n) is 2.07. The van der Waals surface area contributed by atoms with Gasteiger partial charge in [-0.25, -0.2) is 8.42 Å². The van der Waals surface area contributed by atoms with E-state index in [1.165, 1.54) is 11.8 Å². The van der Waals surface area contributed by atoms with Crippen LogP contribution in [-0.2, 0) is 16.3 Å². The third kappa shape index (κ3) is 3.66. The van der Waals surface area contributed by atoms with E-state index in [0.717, 1.165) is 12.0 Å². The Morgan fingerprint density at radius 3 is 2.15 bits per heavy atom. The lowest BCUT2D eigenvalue weighted by atomic mass is 9.99. The van der Waals surface area contributed by atoms with Gasteiger partial charge in [-0.3, -0.25) is 11.3 Å². The van der Waals surface area contributed by atoms with Gasteiger partial charge in [-0.05, 0) is 29.7 Å². The molecular weight excluding hydrogens is 272 g/mol. The van der Waals surface area contributed by atoms with Crippen LogP contribution in [0.4, 0.5) is 0 Å². The van der Waals surface area contributed by atoms with Crippen molar-refractivity contribution in [3.05, 3.63) is 65.7 Å². The SMILES string of the molecule is CS(=O)(=O)c1ccc(C(Cc2ccccc2)NN)cc1. The molecule has 0 aliphatic carbocycles. The molecule has 0 aliphatic rings. The summed E-state index contributed by atoms with van der Waals surface area (Å²) in [6.45, 7) is 0. The molecule has 2 rings (SSSR count). The molecule has 0 bridgehead atoms. The highest BCUT2D eigenvalue weighted by molar-refractivity contribution is 7.90. The van der Waals surface area contributed by atoms with Gasteiger partial charge in [0.05, 0.1) is 4.90 Å².